The third-order valence-electron chi connectivity index (χ3n) is 3.83. The molecule has 0 spiro atoms. The maximum absolute atomic E-state index is 11.9. The molecule has 1 saturated heterocycles. The largest absolute Gasteiger partial charge is 0.497 e. The van der Waals surface area contributed by atoms with E-state index in [0.29, 0.717) is 17.3 Å². The van der Waals surface area contributed by atoms with Gasteiger partial charge in [-0.3, -0.25) is 10.1 Å². The molecule has 0 aliphatic carbocycles. The highest BCUT2D eigenvalue weighted by Crippen LogP contribution is 2.22. The second-order valence-electron chi connectivity index (χ2n) is 5.84. The van der Waals surface area contributed by atoms with Crippen LogP contribution in [-0.2, 0) is 14.6 Å². The number of methoxy groups -OCH3 is 1. The number of nitrogens with zero attached hydrogens (tertiary/aromatic N) is 1. The molecule has 2 heterocycles. The van der Waals surface area contributed by atoms with Gasteiger partial charge in [0.25, 0.3) is 0 Å². The summed E-state index contributed by atoms with van der Waals surface area (Å²) in [6.45, 7) is 0. The summed E-state index contributed by atoms with van der Waals surface area (Å²) < 4.78 is 27.9. The third kappa shape index (κ3) is 4.67. The Morgan fingerprint density at radius 3 is 2.92 bits per heavy atom. The first-order valence-electron chi connectivity index (χ1n) is 7.82. The molecule has 2 aromatic rings. The number of hydrogen-bond acceptors (Lipinski definition) is 7. The zero-order valence-corrected chi connectivity index (χ0v) is 15.6. The van der Waals surface area contributed by atoms with E-state index in [-0.39, 0.29) is 17.3 Å². The highest BCUT2D eigenvalue weighted by Gasteiger charge is 2.29. The number of nitrogens with one attached hydrogen (secondary N) is 3. The molecule has 0 saturated carbocycles. The van der Waals surface area contributed by atoms with E-state index in [1.807, 2.05) is 0 Å². The van der Waals surface area contributed by atoms with Gasteiger partial charge < -0.3 is 15.0 Å². The molecule has 11 heteroatoms. The van der Waals surface area contributed by atoms with Crippen molar-refractivity contribution in [2.24, 2.45) is 0 Å². The number of imidazole rings is 1. The van der Waals surface area contributed by atoms with Crippen LogP contribution in [0.2, 0.25) is 0 Å². The molecule has 1 aromatic heterocycles. The number of imide groups is 1. The highest BCUT2D eigenvalue weighted by molar-refractivity contribution is 7.99. The Bertz CT molecular complexity index is 941. The standard InChI is InChI=1S/C15H18N4O5S2/c1-24-10-2-3-11-12(6-10)18-15(17-11)25-7-13(20)19-14(21)16-9-4-5-26(22,23)8-9/h2-3,6,9H,4-5,7-8H2,1H3,(H,17,18)(H2,16,19,20,21)/t9-/m1/s1. The van der Waals surface area contributed by atoms with E-state index in [2.05, 4.69) is 20.6 Å². The number of carbonyl (C=O) groups is 2. The lowest BCUT2D eigenvalue weighted by Gasteiger charge is -2.10. The predicted octanol–water partition coefficient (Wildman–Crippen LogP) is 0.676. The number of rotatable bonds is 5. The first-order valence-corrected chi connectivity index (χ1v) is 10.6. The van der Waals surface area contributed by atoms with E-state index >= 15 is 0 Å². The van der Waals surface area contributed by atoms with Crippen molar-refractivity contribution >= 4 is 44.6 Å². The van der Waals surface area contributed by atoms with Crippen molar-refractivity contribution < 1.29 is 22.7 Å². The molecule has 0 unspecified atom stereocenters. The van der Waals surface area contributed by atoms with Gasteiger partial charge in [0.05, 0.1) is 35.4 Å². The molecule has 0 radical (unpaired) electrons. The number of benzene rings is 1. The number of carbonyl (C=O) groups excluding carboxylic acids is 2. The summed E-state index contributed by atoms with van der Waals surface area (Å²) in [6, 6.07) is 4.25. The topological polar surface area (TPSA) is 130 Å². The summed E-state index contributed by atoms with van der Waals surface area (Å²) in [6.07, 6.45) is 0.362. The number of aromatic nitrogens is 2. The van der Waals surface area contributed by atoms with Gasteiger partial charge in [0.2, 0.25) is 5.91 Å². The van der Waals surface area contributed by atoms with Gasteiger partial charge in [-0.2, -0.15) is 0 Å². The minimum absolute atomic E-state index is 0.00661. The van der Waals surface area contributed by atoms with Crippen LogP contribution in [0.4, 0.5) is 4.79 Å². The van der Waals surface area contributed by atoms with E-state index in [4.69, 9.17) is 4.74 Å². The van der Waals surface area contributed by atoms with Gasteiger partial charge in [-0.25, -0.2) is 18.2 Å². The molecule has 1 fully saturated rings. The molecule has 3 N–H and O–H groups in total. The van der Waals surface area contributed by atoms with Crippen LogP contribution in [0.1, 0.15) is 6.42 Å². The summed E-state index contributed by atoms with van der Waals surface area (Å²) in [4.78, 5) is 31.0. The van der Waals surface area contributed by atoms with Crippen molar-refractivity contribution in [3.8, 4) is 5.75 Å². The number of H-pyrrole nitrogens is 1. The fraction of sp³-hybridized carbons (Fsp3) is 0.400. The Hall–Kier alpha value is -2.27. The van der Waals surface area contributed by atoms with Crippen LogP contribution in [0, 0.1) is 0 Å². The quantitative estimate of drug-likeness (QED) is 0.631. The Kier molecular flexibility index (Phi) is 5.37. The smallest absolute Gasteiger partial charge is 0.321 e. The van der Waals surface area contributed by atoms with Gasteiger partial charge in [-0.15, -0.1) is 0 Å². The number of sulfone groups is 1. The van der Waals surface area contributed by atoms with E-state index in [9.17, 15) is 18.0 Å². The molecule has 26 heavy (non-hydrogen) atoms. The Morgan fingerprint density at radius 1 is 1.42 bits per heavy atom. The number of hydrogen-bond donors (Lipinski definition) is 3. The van der Waals surface area contributed by atoms with Crippen molar-refractivity contribution in [2.75, 3.05) is 24.4 Å². The second kappa shape index (κ2) is 7.54. The van der Waals surface area contributed by atoms with Crippen LogP contribution in [0.25, 0.3) is 11.0 Å². The number of aromatic amines is 1. The van der Waals surface area contributed by atoms with Crippen LogP contribution in [0.5, 0.6) is 5.75 Å². The molecule has 9 nitrogen and oxygen atoms in total. The van der Waals surface area contributed by atoms with Crippen molar-refractivity contribution in [1.82, 2.24) is 20.6 Å². The number of fused-ring (bicyclic) bond motifs is 1. The molecule has 3 amide bonds. The van der Waals surface area contributed by atoms with Gasteiger partial charge in [0, 0.05) is 12.1 Å². The van der Waals surface area contributed by atoms with Gasteiger partial charge >= 0.3 is 6.03 Å². The van der Waals surface area contributed by atoms with Gasteiger partial charge in [0.1, 0.15) is 5.75 Å². The summed E-state index contributed by atoms with van der Waals surface area (Å²) >= 11 is 1.16. The first-order chi connectivity index (χ1) is 12.3. The minimum Gasteiger partial charge on any atom is -0.497 e. The van der Waals surface area contributed by atoms with Gasteiger partial charge in [-0.1, -0.05) is 11.8 Å². The number of thioether (sulfide) groups is 1. The van der Waals surface area contributed by atoms with Crippen LogP contribution >= 0.6 is 11.8 Å². The van der Waals surface area contributed by atoms with Crippen LogP contribution in [0.15, 0.2) is 23.4 Å². The molecular formula is C15H18N4O5S2. The fourth-order valence-corrected chi connectivity index (χ4v) is 4.95. The van der Waals surface area contributed by atoms with E-state index in [0.717, 1.165) is 22.8 Å². The molecule has 1 aliphatic heterocycles. The van der Waals surface area contributed by atoms with Crippen molar-refractivity contribution in [3.05, 3.63) is 18.2 Å². The number of urea groups is 1. The fourth-order valence-electron chi connectivity index (χ4n) is 2.59. The zero-order chi connectivity index (χ0) is 18.7. The van der Waals surface area contributed by atoms with Crippen molar-refractivity contribution in [2.45, 2.75) is 17.6 Å². The number of amides is 3. The van der Waals surface area contributed by atoms with Crippen molar-refractivity contribution in [3.63, 3.8) is 0 Å². The van der Waals surface area contributed by atoms with Crippen LogP contribution in [-0.4, -0.2) is 60.7 Å². The molecule has 140 valence electrons. The summed E-state index contributed by atoms with van der Waals surface area (Å²) in [7, 11) is -1.51. The SMILES string of the molecule is COc1ccc2nc(SCC(=O)NC(=O)N[C@@H]3CCS(=O)(=O)C3)[nH]c2c1. The van der Waals surface area contributed by atoms with Crippen LogP contribution < -0.4 is 15.4 Å². The maximum Gasteiger partial charge on any atom is 0.321 e. The highest BCUT2D eigenvalue weighted by atomic mass is 32.2. The van der Waals surface area contributed by atoms with Gasteiger partial charge in [-0.05, 0) is 18.6 Å². The summed E-state index contributed by atoms with van der Waals surface area (Å²) in [5.41, 5.74) is 1.53. The van der Waals surface area contributed by atoms with E-state index in [1.54, 1.807) is 25.3 Å². The predicted molar refractivity (Wildman–Crippen MR) is 97.1 cm³/mol. The average molecular weight is 398 g/mol. The summed E-state index contributed by atoms with van der Waals surface area (Å²) in [5.74, 6) is 0.157. The van der Waals surface area contributed by atoms with Gasteiger partial charge in [0.15, 0.2) is 15.0 Å². The number of ether oxygens (including phenoxy) is 1. The minimum atomic E-state index is -3.09. The third-order valence-corrected chi connectivity index (χ3v) is 6.47. The maximum atomic E-state index is 11.9. The lowest BCUT2D eigenvalue weighted by atomic mass is 10.3. The normalized spacial score (nSPS) is 18.6. The lowest BCUT2D eigenvalue weighted by molar-refractivity contribution is -0.117. The molecular weight excluding hydrogens is 380 g/mol. The Balaban J connectivity index is 1.48. The molecule has 1 aromatic carbocycles. The molecule has 3 rings (SSSR count). The lowest BCUT2D eigenvalue weighted by Crippen LogP contribution is -2.45. The second-order valence-corrected chi connectivity index (χ2v) is 9.03. The van der Waals surface area contributed by atoms with E-state index < -0.39 is 27.8 Å². The monoisotopic (exact) mass is 398 g/mol. The molecule has 0 bridgehead atoms. The Morgan fingerprint density at radius 2 is 2.23 bits per heavy atom. The Labute approximate surface area is 154 Å². The molecule has 1 aliphatic rings. The van der Waals surface area contributed by atoms with E-state index in [1.165, 1.54) is 0 Å². The average Bonchev–Trinajstić information content (AvgIpc) is 3.14. The molecule has 1 atom stereocenters. The van der Waals surface area contributed by atoms with Crippen molar-refractivity contribution in [1.29, 1.82) is 0 Å². The first kappa shape index (κ1) is 18.5. The summed E-state index contributed by atoms with van der Waals surface area (Å²) in [5, 5.41) is 5.24. The van der Waals surface area contributed by atoms with Crippen LogP contribution in [0.3, 0.4) is 0 Å². The zero-order valence-electron chi connectivity index (χ0n) is 13.9.